The first-order chi connectivity index (χ1) is 12.4. The second kappa shape index (κ2) is 6.58. The van der Waals surface area contributed by atoms with E-state index in [9.17, 15) is 19.2 Å². The fraction of sp³-hybridized carbons (Fsp3) is 0.353. The van der Waals surface area contributed by atoms with Crippen LogP contribution in [-0.4, -0.2) is 49.0 Å². The van der Waals surface area contributed by atoms with Gasteiger partial charge in [-0.05, 0) is 32.0 Å². The molecule has 0 bridgehead atoms. The summed E-state index contributed by atoms with van der Waals surface area (Å²) in [7, 11) is 1.39. The van der Waals surface area contributed by atoms with E-state index in [1.165, 1.54) is 26.2 Å². The van der Waals surface area contributed by atoms with Crippen LogP contribution < -0.4 is 15.1 Å². The van der Waals surface area contributed by atoms with Gasteiger partial charge in [0.05, 0.1) is 19.4 Å². The van der Waals surface area contributed by atoms with Gasteiger partial charge in [0, 0.05) is 5.56 Å². The highest BCUT2D eigenvalue weighted by atomic mass is 16.5. The zero-order valence-electron chi connectivity index (χ0n) is 14.4. The SMILES string of the molecule is CCOC(=O)C1=NN[C@@H]2C(=O)N(c3cc(C(C)=O)ccc3OC)C(=O)[C@@H]12. The molecule has 0 unspecified atom stereocenters. The summed E-state index contributed by atoms with van der Waals surface area (Å²) in [5, 5.41) is 3.79. The molecule has 2 aliphatic heterocycles. The number of fused-ring (bicyclic) bond motifs is 1. The molecule has 1 saturated heterocycles. The molecule has 2 atom stereocenters. The number of anilines is 1. The van der Waals surface area contributed by atoms with Crippen LogP contribution in [0.5, 0.6) is 5.75 Å². The van der Waals surface area contributed by atoms with Crippen LogP contribution in [0, 0.1) is 5.92 Å². The van der Waals surface area contributed by atoms with Crippen LogP contribution in [-0.2, 0) is 19.1 Å². The van der Waals surface area contributed by atoms with Crippen LogP contribution in [0.15, 0.2) is 23.3 Å². The maximum atomic E-state index is 12.9. The van der Waals surface area contributed by atoms with Crippen molar-refractivity contribution in [3.05, 3.63) is 23.8 Å². The van der Waals surface area contributed by atoms with E-state index in [1.807, 2.05) is 0 Å². The summed E-state index contributed by atoms with van der Waals surface area (Å²) in [6.45, 7) is 3.13. The van der Waals surface area contributed by atoms with Crippen molar-refractivity contribution in [2.75, 3.05) is 18.6 Å². The molecule has 0 spiro atoms. The van der Waals surface area contributed by atoms with Crippen molar-refractivity contribution in [1.29, 1.82) is 0 Å². The van der Waals surface area contributed by atoms with Crippen LogP contribution in [0.3, 0.4) is 0 Å². The van der Waals surface area contributed by atoms with Gasteiger partial charge in [0.15, 0.2) is 11.5 Å². The molecule has 2 heterocycles. The van der Waals surface area contributed by atoms with Gasteiger partial charge in [0.1, 0.15) is 17.7 Å². The summed E-state index contributed by atoms with van der Waals surface area (Å²) in [6, 6.07) is 3.47. The highest BCUT2D eigenvalue weighted by molar-refractivity contribution is 6.46. The number of carbonyl (C=O) groups is 4. The molecule has 1 fully saturated rings. The fourth-order valence-corrected chi connectivity index (χ4v) is 2.98. The van der Waals surface area contributed by atoms with E-state index in [2.05, 4.69) is 10.5 Å². The number of esters is 1. The van der Waals surface area contributed by atoms with Gasteiger partial charge in [0.2, 0.25) is 5.91 Å². The average Bonchev–Trinajstić information content (AvgIpc) is 3.15. The predicted octanol–water partition coefficient (Wildman–Crippen LogP) is 0.278. The summed E-state index contributed by atoms with van der Waals surface area (Å²) < 4.78 is 10.1. The zero-order valence-corrected chi connectivity index (χ0v) is 14.4. The Morgan fingerprint density at radius 1 is 1.27 bits per heavy atom. The Bertz CT molecular complexity index is 847. The summed E-state index contributed by atoms with van der Waals surface area (Å²) in [5.74, 6) is -3.00. The molecule has 136 valence electrons. The molecule has 3 rings (SSSR count). The number of hydrazone groups is 1. The maximum absolute atomic E-state index is 12.9. The summed E-state index contributed by atoms with van der Waals surface area (Å²) in [4.78, 5) is 50.2. The Morgan fingerprint density at radius 2 is 2.00 bits per heavy atom. The van der Waals surface area contributed by atoms with E-state index >= 15 is 0 Å². The van der Waals surface area contributed by atoms with E-state index in [0.29, 0.717) is 5.56 Å². The van der Waals surface area contributed by atoms with Crippen LogP contribution in [0.2, 0.25) is 0 Å². The van der Waals surface area contributed by atoms with E-state index in [4.69, 9.17) is 9.47 Å². The molecule has 0 aliphatic carbocycles. The van der Waals surface area contributed by atoms with Crippen LogP contribution in [0.25, 0.3) is 0 Å². The fourth-order valence-electron chi connectivity index (χ4n) is 2.98. The molecule has 9 heteroatoms. The molecule has 2 aliphatic rings. The third kappa shape index (κ3) is 2.61. The van der Waals surface area contributed by atoms with Gasteiger partial charge in [-0.25, -0.2) is 9.69 Å². The van der Waals surface area contributed by atoms with Gasteiger partial charge < -0.3 is 9.47 Å². The highest BCUT2D eigenvalue weighted by Gasteiger charge is 2.56. The summed E-state index contributed by atoms with van der Waals surface area (Å²) in [5.41, 5.74) is 2.86. The lowest BCUT2D eigenvalue weighted by Gasteiger charge is -2.19. The van der Waals surface area contributed by atoms with Crippen molar-refractivity contribution in [3.63, 3.8) is 0 Å². The smallest absolute Gasteiger partial charge is 0.355 e. The predicted molar refractivity (Wildman–Crippen MR) is 90.0 cm³/mol. The zero-order chi connectivity index (χ0) is 19.0. The third-order valence-electron chi connectivity index (χ3n) is 4.24. The van der Waals surface area contributed by atoms with Crippen molar-refractivity contribution < 1.29 is 28.7 Å². The Balaban J connectivity index is 2.01. The van der Waals surface area contributed by atoms with E-state index in [-0.39, 0.29) is 29.5 Å². The van der Waals surface area contributed by atoms with Crippen molar-refractivity contribution in [3.8, 4) is 5.75 Å². The lowest BCUT2D eigenvalue weighted by atomic mass is 9.99. The number of carbonyl (C=O) groups excluding carboxylic acids is 4. The number of rotatable bonds is 5. The minimum Gasteiger partial charge on any atom is -0.495 e. The molecule has 26 heavy (non-hydrogen) atoms. The van der Waals surface area contributed by atoms with Crippen LogP contribution >= 0.6 is 0 Å². The first-order valence-corrected chi connectivity index (χ1v) is 7.97. The van der Waals surface area contributed by atoms with E-state index < -0.39 is 29.7 Å². The number of hydrogen-bond donors (Lipinski definition) is 1. The van der Waals surface area contributed by atoms with Gasteiger partial charge in [-0.3, -0.25) is 19.8 Å². The molecular weight excluding hydrogens is 342 g/mol. The second-order valence-corrected chi connectivity index (χ2v) is 5.76. The maximum Gasteiger partial charge on any atom is 0.355 e. The topological polar surface area (TPSA) is 114 Å². The Labute approximate surface area is 148 Å². The lowest BCUT2D eigenvalue weighted by Crippen LogP contribution is -2.36. The minimum absolute atomic E-state index is 0.121. The third-order valence-corrected chi connectivity index (χ3v) is 4.24. The van der Waals surface area contributed by atoms with Crippen molar-refractivity contribution in [1.82, 2.24) is 5.43 Å². The molecule has 0 aromatic heterocycles. The molecule has 9 nitrogen and oxygen atoms in total. The number of ketones is 1. The molecule has 0 radical (unpaired) electrons. The first-order valence-electron chi connectivity index (χ1n) is 7.97. The van der Waals surface area contributed by atoms with Gasteiger partial charge in [0.25, 0.3) is 5.91 Å². The molecule has 1 aromatic rings. The van der Waals surface area contributed by atoms with Gasteiger partial charge in [-0.15, -0.1) is 0 Å². The Morgan fingerprint density at radius 3 is 2.62 bits per heavy atom. The van der Waals surface area contributed by atoms with Crippen LogP contribution in [0.4, 0.5) is 5.69 Å². The number of imide groups is 1. The van der Waals surface area contributed by atoms with E-state index in [1.54, 1.807) is 13.0 Å². The summed E-state index contributed by atoms with van der Waals surface area (Å²) >= 11 is 0. The number of nitrogens with zero attached hydrogens (tertiary/aromatic N) is 2. The van der Waals surface area contributed by atoms with E-state index in [0.717, 1.165) is 4.90 Å². The molecular formula is C17H17N3O6. The Kier molecular flexibility index (Phi) is 4.45. The van der Waals surface area contributed by atoms with Crippen molar-refractivity contribution >= 4 is 35.0 Å². The molecule has 1 aromatic carbocycles. The number of amides is 2. The number of methoxy groups -OCH3 is 1. The quantitative estimate of drug-likeness (QED) is 0.456. The second-order valence-electron chi connectivity index (χ2n) is 5.76. The molecule has 0 saturated carbocycles. The first kappa shape index (κ1) is 17.6. The number of hydrogen-bond acceptors (Lipinski definition) is 8. The number of nitrogens with one attached hydrogen (secondary N) is 1. The largest absolute Gasteiger partial charge is 0.495 e. The monoisotopic (exact) mass is 359 g/mol. The van der Waals surface area contributed by atoms with Gasteiger partial charge in [-0.1, -0.05) is 0 Å². The summed E-state index contributed by atoms with van der Waals surface area (Å²) in [6.07, 6.45) is 0. The van der Waals surface area contributed by atoms with Crippen LogP contribution in [0.1, 0.15) is 24.2 Å². The Hall–Kier alpha value is -3.23. The normalized spacial score (nSPS) is 21.2. The number of Topliss-reactive ketones (excluding diaryl/α,β-unsaturated/α-hetero) is 1. The highest BCUT2D eigenvalue weighted by Crippen LogP contribution is 2.36. The van der Waals surface area contributed by atoms with Gasteiger partial charge in [-0.2, -0.15) is 5.10 Å². The number of benzene rings is 1. The molecule has 2 amide bonds. The van der Waals surface area contributed by atoms with Crippen molar-refractivity contribution in [2.24, 2.45) is 11.0 Å². The molecule has 1 N–H and O–H groups in total. The van der Waals surface area contributed by atoms with Crippen molar-refractivity contribution in [2.45, 2.75) is 19.9 Å². The minimum atomic E-state index is -1.08. The van der Waals surface area contributed by atoms with Gasteiger partial charge >= 0.3 is 5.97 Å². The lowest BCUT2D eigenvalue weighted by molar-refractivity contribution is -0.136. The average molecular weight is 359 g/mol. The number of ether oxygens (including phenoxy) is 2. The standard InChI is InChI=1S/C17H17N3O6/c1-4-26-17(24)14-12-13(18-19-14)16(23)20(15(12)22)10-7-9(8(2)21)5-6-11(10)25-3/h5-7,12-13,18H,4H2,1-3H3/t12-,13+/m1/s1.